The van der Waals surface area contributed by atoms with Gasteiger partial charge in [0.1, 0.15) is 0 Å². The van der Waals surface area contributed by atoms with Crippen LogP contribution in [0.3, 0.4) is 0 Å². The molecule has 2 unspecified atom stereocenters. The minimum absolute atomic E-state index is 0.0752. The summed E-state index contributed by atoms with van der Waals surface area (Å²) in [4.78, 5) is 2.25. The minimum Gasteiger partial charge on any atom is -0.393 e. The highest BCUT2D eigenvalue weighted by atomic mass is 16.5. The van der Waals surface area contributed by atoms with E-state index in [2.05, 4.69) is 11.9 Å². The molecule has 1 aliphatic rings. The molecule has 0 aromatic rings. The fourth-order valence-corrected chi connectivity index (χ4v) is 2.14. The first-order chi connectivity index (χ1) is 6.74. The van der Waals surface area contributed by atoms with E-state index in [9.17, 15) is 5.11 Å². The number of hydrogen-bond donors (Lipinski definition) is 1. The van der Waals surface area contributed by atoms with Gasteiger partial charge in [-0.25, -0.2) is 0 Å². The lowest BCUT2D eigenvalue weighted by Crippen LogP contribution is -2.36. The molecule has 84 valence electrons. The molecule has 0 amide bonds. The Labute approximate surface area is 87.1 Å². The van der Waals surface area contributed by atoms with E-state index in [4.69, 9.17) is 4.74 Å². The number of nitrogens with zero attached hydrogens (tertiary/aromatic N) is 1. The lowest BCUT2D eigenvalue weighted by Gasteiger charge is -2.31. The SMILES string of the molecule is COCCN(C)CC1CCCCC1O. The molecular weight excluding hydrogens is 178 g/mol. The van der Waals surface area contributed by atoms with Gasteiger partial charge in [0, 0.05) is 20.2 Å². The summed E-state index contributed by atoms with van der Waals surface area (Å²) in [5, 5.41) is 9.79. The molecule has 1 fully saturated rings. The Morgan fingerprint density at radius 3 is 2.71 bits per heavy atom. The molecule has 0 heterocycles. The van der Waals surface area contributed by atoms with Gasteiger partial charge in [0.25, 0.3) is 0 Å². The number of rotatable bonds is 5. The van der Waals surface area contributed by atoms with Crippen molar-refractivity contribution in [2.45, 2.75) is 31.8 Å². The Kier molecular flexibility index (Phi) is 5.45. The third-order valence-corrected chi connectivity index (χ3v) is 3.09. The van der Waals surface area contributed by atoms with Crippen LogP contribution in [0.1, 0.15) is 25.7 Å². The summed E-state index contributed by atoms with van der Waals surface area (Å²) >= 11 is 0. The summed E-state index contributed by atoms with van der Waals surface area (Å²) in [5.74, 6) is 0.477. The minimum atomic E-state index is -0.0752. The zero-order valence-electron chi connectivity index (χ0n) is 9.41. The predicted molar refractivity (Wildman–Crippen MR) is 57.3 cm³/mol. The monoisotopic (exact) mass is 201 g/mol. The van der Waals surface area contributed by atoms with Crippen LogP contribution in [0.2, 0.25) is 0 Å². The smallest absolute Gasteiger partial charge is 0.0589 e. The van der Waals surface area contributed by atoms with E-state index in [-0.39, 0.29) is 6.10 Å². The number of ether oxygens (including phenoxy) is 1. The average Bonchev–Trinajstić information content (AvgIpc) is 2.18. The quantitative estimate of drug-likeness (QED) is 0.723. The summed E-state index contributed by atoms with van der Waals surface area (Å²) in [5.41, 5.74) is 0. The highest BCUT2D eigenvalue weighted by molar-refractivity contribution is 4.76. The van der Waals surface area contributed by atoms with Crippen molar-refractivity contribution in [2.24, 2.45) is 5.92 Å². The summed E-state index contributed by atoms with van der Waals surface area (Å²) in [7, 11) is 3.82. The Bertz CT molecular complexity index is 152. The first kappa shape index (κ1) is 12.0. The molecule has 0 aliphatic heterocycles. The van der Waals surface area contributed by atoms with E-state index in [0.717, 1.165) is 26.1 Å². The van der Waals surface area contributed by atoms with Crippen molar-refractivity contribution in [3.05, 3.63) is 0 Å². The molecule has 0 saturated heterocycles. The Morgan fingerprint density at radius 1 is 1.36 bits per heavy atom. The van der Waals surface area contributed by atoms with E-state index in [1.165, 1.54) is 19.3 Å². The number of likely N-dealkylation sites (N-methyl/N-ethyl adjacent to an activating group) is 1. The first-order valence-electron chi connectivity index (χ1n) is 5.59. The van der Waals surface area contributed by atoms with Crippen LogP contribution in [-0.2, 0) is 4.74 Å². The van der Waals surface area contributed by atoms with E-state index < -0.39 is 0 Å². The third-order valence-electron chi connectivity index (χ3n) is 3.09. The summed E-state index contributed by atoms with van der Waals surface area (Å²) in [6.07, 6.45) is 4.56. The van der Waals surface area contributed by atoms with Crippen LogP contribution in [0.25, 0.3) is 0 Å². The maximum atomic E-state index is 9.79. The van der Waals surface area contributed by atoms with Gasteiger partial charge in [0.15, 0.2) is 0 Å². The topological polar surface area (TPSA) is 32.7 Å². The van der Waals surface area contributed by atoms with Crippen molar-refractivity contribution in [1.82, 2.24) is 4.90 Å². The molecule has 3 nitrogen and oxygen atoms in total. The normalized spacial score (nSPS) is 28.3. The Hall–Kier alpha value is -0.120. The predicted octanol–water partition coefficient (Wildman–Crippen LogP) is 1.12. The maximum absolute atomic E-state index is 9.79. The van der Waals surface area contributed by atoms with E-state index in [1.807, 2.05) is 0 Å². The van der Waals surface area contributed by atoms with Gasteiger partial charge < -0.3 is 14.7 Å². The molecule has 1 aliphatic carbocycles. The lowest BCUT2D eigenvalue weighted by molar-refractivity contribution is 0.0464. The molecule has 1 rings (SSSR count). The second-order valence-electron chi connectivity index (χ2n) is 4.37. The standard InChI is InChI=1S/C11H23NO2/c1-12(7-8-14-2)9-10-5-3-4-6-11(10)13/h10-11,13H,3-9H2,1-2H3. The molecule has 1 N–H and O–H groups in total. The van der Waals surface area contributed by atoms with Crippen molar-refractivity contribution >= 4 is 0 Å². The van der Waals surface area contributed by atoms with Crippen molar-refractivity contribution in [3.8, 4) is 0 Å². The molecule has 0 aromatic carbocycles. The van der Waals surface area contributed by atoms with Gasteiger partial charge in [0.05, 0.1) is 12.7 Å². The van der Waals surface area contributed by atoms with Crippen molar-refractivity contribution in [2.75, 3.05) is 33.9 Å². The highest BCUT2D eigenvalue weighted by Crippen LogP contribution is 2.24. The lowest BCUT2D eigenvalue weighted by atomic mass is 9.86. The molecule has 14 heavy (non-hydrogen) atoms. The van der Waals surface area contributed by atoms with Crippen LogP contribution in [0.5, 0.6) is 0 Å². The Balaban J connectivity index is 2.20. The Morgan fingerprint density at radius 2 is 2.07 bits per heavy atom. The molecule has 1 saturated carbocycles. The number of methoxy groups -OCH3 is 1. The molecule has 0 spiro atoms. The second kappa shape index (κ2) is 6.38. The van der Waals surface area contributed by atoms with Gasteiger partial charge >= 0.3 is 0 Å². The van der Waals surface area contributed by atoms with Crippen LogP contribution < -0.4 is 0 Å². The average molecular weight is 201 g/mol. The van der Waals surface area contributed by atoms with Crippen molar-refractivity contribution in [3.63, 3.8) is 0 Å². The van der Waals surface area contributed by atoms with Crippen LogP contribution >= 0.6 is 0 Å². The van der Waals surface area contributed by atoms with Crippen LogP contribution in [-0.4, -0.2) is 50.0 Å². The van der Waals surface area contributed by atoms with E-state index >= 15 is 0 Å². The maximum Gasteiger partial charge on any atom is 0.0589 e. The third kappa shape index (κ3) is 3.95. The molecule has 0 aromatic heterocycles. The zero-order valence-corrected chi connectivity index (χ0v) is 9.41. The van der Waals surface area contributed by atoms with Crippen LogP contribution in [0, 0.1) is 5.92 Å². The number of hydrogen-bond acceptors (Lipinski definition) is 3. The fourth-order valence-electron chi connectivity index (χ4n) is 2.14. The van der Waals surface area contributed by atoms with Gasteiger partial charge in [-0.3, -0.25) is 0 Å². The molecule has 2 atom stereocenters. The summed E-state index contributed by atoms with van der Waals surface area (Å²) in [6, 6.07) is 0. The van der Waals surface area contributed by atoms with Gasteiger partial charge in [-0.15, -0.1) is 0 Å². The van der Waals surface area contributed by atoms with Gasteiger partial charge in [-0.05, 0) is 25.8 Å². The fraction of sp³-hybridized carbons (Fsp3) is 1.00. The van der Waals surface area contributed by atoms with Crippen molar-refractivity contribution < 1.29 is 9.84 Å². The second-order valence-corrected chi connectivity index (χ2v) is 4.37. The van der Waals surface area contributed by atoms with Crippen molar-refractivity contribution in [1.29, 1.82) is 0 Å². The zero-order chi connectivity index (χ0) is 10.4. The molecular formula is C11H23NO2. The van der Waals surface area contributed by atoms with E-state index in [0.29, 0.717) is 5.92 Å². The first-order valence-corrected chi connectivity index (χ1v) is 5.59. The van der Waals surface area contributed by atoms with E-state index in [1.54, 1.807) is 7.11 Å². The largest absolute Gasteiger partial charge is 0.393 e. The van der Waals surface area contributed by atoms with Gasteiger partial charge in [-0.2, -0.15) is 0 Å². The highest BCUT2D eigenvalue weighted by Gasteiger charge is 2.23. The van der Waals surface area contributed by atoms with Crippen LogP contribution in [0.15, 0.2) is 0 Å². The molecule has 0 bridgehead atoms. The molecule has 3 heteroatoms. The molecule has 0 radical (unpaired) electrons. The van der Waals surface area contributed by atoms with Gasteiger partial charge in [-0.1, -0.05) is 12.8 Å². The summed E-state index contributed by atoms with van der Waals surface area (Å²) < 4.78 is 5.02. The number of aliphatic hydroxyl groups is 1. The van der Waals surface area contributed by atoms with Gasteiger partial charge in [0.2, 0.25) is 0 Å². The summed E-state index contributed by atoms with van der Waals surface area (Å²) in [6.45, 7) is 2.74. The number of aliphatic hydroxyl groups excluding tert-OH is 1. The van der Waals surface area contributed by atoms with Crippen LogP contribution in [0.4, 0.5) is 0 Å².